The Morgan fingerprint density at radius 1 is 1.56 bits per heavy atom. The third kappa shape index (κ3) is 4.12. The van der Waals surface area contributed by atoms with Crippen LogP contribution in [0, 0.1) is 11.8 Å². The Balaban J connectivity index is 2.35. The van der Waals surface area contributed by atoms with E-state index in [0.717, 1.165) is 38.4 Å². The molecule has 0 aromatic heterocycles. The zero-order valence-electron chi connectivity index (χ0n) is 10.9. The molecule has 0 amide bonds. The Hall–Kier alpha value is -0.570. The first-order chi connectivity index (χ1) is 7.67. The summed E-state index contributed by atoms with van der Waals surface area (Å²) in [5.74, 6) is 0.807. The van der Waals surface area contributed by atoms with Gasteiger partial charge in [0, 0.05) is 13.1 Å². The van der Waals surface area contributed by atoms with Crippen LogP contribution in [-0.2, 0) is 9.53 Å². The molecule has 0 N–H and O–H groups in total. The number of likely N-dealkylation sites (tertiary alicyclic amines) is 1. The van der Waals surface area contributed by atoms with E-state index in [1.54, 1.807) is 0 Å². The second kappa shape index (κ2) is 6.89. The van der Waals surface area contributed by atoms with Crippen molar-refractivity contribution < 1.29 is 9.53 Å². The van der Waals surface area contributed by atoms with Crippen LogP contribution >= 0.6 is 0 Å². The second-order valence-corrected chi connectivity index (χ2v) is 5.02. The number of methoxy groups -OCH3 is 1. The van der Waals surface area contributed by atoms with Gasteiger partial charge >= 0.3 is 5.97 Å². The van der Waals surface area contributed by atoms with E-state index in [1.807, 2.05) is 0 Å². The first kappa shape index (κ1) is 13.5. The Morgan fingerprint density at radius 2 is 2.31 bits per heavy atom. The van der Waals surface area contributed by atoms with E-state index in [9.17, 15) is 4.79 Å². The third-order valence-corrected chi connectivity index (χ3v) is 3.39. The first-order valence-electron chi connectivity index (χ1n) is 6.47. The van der Waals surface area contributed by atoms with Crippen molar-refractivity contribution in [3.05, 3.63) is 0 Å². The lowest BCUT2D eigenvalue weighted by Crippen LogP contribution is -2.41. The van der Waals surface area contributed by atoms with E-state index in [0.29, 0.717) is 0 Å². The highest BCUT2D eigenvalue weighted by Crippen LogP contribution is 2.19. The zero-order valence-corrected chi connectivity index (χ0v) is 10.9. The zero-order chi connectivity index (χ0) is 12.0. The van der Waals surface area contributed by atoms with Crippen molar-refractivity contribution in [2.45, 2.75) is 39.5 Å². The van der Waals surface area contributed by atoms with Crippen LogP contribution in [0.2, 0.25) is 0 Å². The van der Waals surface area contributed by atoms with Crippen LogP contribution in [0.25, 0.3) is 0 Å². The molecular formula is C13H25NO2. The fraction of sp³-hybridized carbons (Fsp3) is 0.923. The summed E-state index contributed by atoms with van der Waals surface area (Å²) in [6.45, 7) is 7.68. The molecule has 0 bridgehead atoms. The Morgan fingerprint density at radius 3 is 2.94 bits per heavy atom. The number of piperidine rings is 1. The molecule has 1 fully saturated rings. The largest absolute Gasteiger partial charge is 0.469 e. The van der Waals surface area contributed by atoms with Gasteiger partial charge in [0.1, 0.15) is 0 Å². The molecule has 1 rings (SSSR count). The summed E-state index contributed by atoms with van der Waals surface area (Å²) in [7, 11) is 1.49. The molecule has 94 valence electrons. The van der Waals surface area contributed by atoms with E-state index >= 15 is 0 Å². The van der Waals surface area contributed by atoms with Gasteiger partial charge in [-0.1, -0.05) is 20.3 Å². The summed E-state index contributed by atoms with van der Waals surface area (Å²) in [5, 5.41) is 0. The molecule has 0 aliphatic carbocycles. The minimum atomic E-state index is -0.0344. The first-order valence-corrected chi connectivity index (χ1v) is 6.47. The van der Waals surface area contributed by atoms with Gasteiger partial charge in [-0.3, -0.25) is 4.79 Å². The molecule has 16 heavy (non-hydrogen) atoms. The molecule has 1 saturated heterocycles. The fourth-order valence-corrected chi connectivity index (χ4v) is 2.61. The number of carbonyl (C=O) groups is 1. The molecule has 0 saturated carbocycles. The van der Waals surface area contributed by atoms with Gasteiger partial charge in [0.2, 0.25) is 0 Å². The molecule has 1 aliphatic rings. The summed E-state index contributed by atoms with van der Waals surface area (Å²) in [6.07, 6.45) is 4.64. The van der Waals surface area contributed by atoms with Crippen molar-refractivity contribution in [3.8, 4) is 0 Å². The molecule has 3 heteroatoms. The van der Waals surface area contributed by atoms with Crippen molar-refractivity contribution in [2.75, 3.05) is 26.7 Å². The predicted molar refractivity (Wildman–Crippen MR) is 65.3 cm³/mol. The SMILES string of the molecule is CCCC(C)CN1CCCC(C(=O)OC)C1. The highest BCUT2D eigenvalue weighted by atomic mass is 16.5. The summed E-state index contributed by atoms with van der Waals surface area (Å²) in [4.78, 5) is 13.9. The number of ether oxygens (including phenoxy) is 1. The van der Waals surface area contributed by atoms with E-state index < -0.39 is 0 Å². The molecule has 3 nitrogen and oxygen atoms in total. The molecule has 2 unspecified atom stereocenters. The molecule has 0 aromatic carbocycles. The van der Waals surface area contributed by atoms with Crippen molar-refractivity contribution in [1.82, 2.24) is 4.90 Å². The maximum absolute atomic E-state index is 11.5. The van der Waals surface area contributed by atoms with Gasteiger partial charge < -0.3 is 9.64 Å². The van der Waals surface area contributed by atoms with E-state index in [2.05, 4.69) is 18.7 Å². The van der Waals surface area contributed by atoms with Crippen molar-refractivity contribution in [1.29, 1.82) is 0 Å². The quantitative estimate of drug-likeness (QED) is 0.675. The van der Waals surface area contributed by atoms with Gasteiger partial charge in [-0.2, -0.15) is 0 Å². The Labute approximate surface area is 99.1 Å². The number of hydrogen-bond acceptors (Lipinski definition) is 3. The lowest BCUT2D eigenvalue weighted by atomic mass is 9.96. The lowest BCUT2D eigenvalue weighted by Gasteiger charge is -2.33. The topological polar surface area (TPSA) is 29.5 Å². The van der Waals surface area contributed by atoms with Crippen LogP contribution in [0.15, 0.2) is 0 Å². The van der Waals surface area contributed by atoms with E-state index in [4.69, 9.17) is 4.74 Å². The average molecular weight is 227 g/mol. The summed E-state index contributed by atoms with van der Waals surface area (Å²) >= 11 is 0. The number of nitrogens with zero attached hydrogens (tertiary/aromatic N) is 1. The van der Waals surface area contributed by atoms with Gasteiger partial charge in [0.15, 0.2) is 0 Å². The minimum absolute atomic E-state index is 0.0344. The van der Waals surface area contributed by atoms with Gasteiger partial charge in [-0.25, -0.2) is 0 Å². The summed E-state index contributed by atoms with van der Waals surface area (Å²) < 4.78 is 4.82. The van der Waals surface area contributed by atoms with E-state index in [1.165, 1.54) is 20.0 Å². The van der Waals surface area contributed by atoms with Crippen LogP contribution in [0.3, 0.4) is 0 Å². The van der Waals surface area contributed by atoms with Crippen LogP contribution < -0.4 is 0 Å². The van der Waals surface area contributed by atoms with Crippen molar-refractivity contribution in [2.24, 2.45) is 11.8 Å². The average Bonchev–Trinajstić information content (AvgIpc) is 2.28. The molecule has 1 heterocycles. The predicted octanol–water partition coefficient (Wildman–Crippen LogP) is 2.31. The lowest BCUT2D eigenvalue weighted by molar-refractivity contribution is -0.147. The summed E-state index contributed by atoms with van der Waals surface area (Å²) in [6, 6.07) is 0. The van der Waals surface area contributed by atoms with Gasteiger partial charge in [0.25, 0.3) is 0 Å². The second-order valence-electron chi connectivity index (χ2n) is 5.02. The molecule has 0 aromatic rings. The number of esters is 1. The standard InChI is InChI=1S/C13H25NO2/c1-4-6-11(2)9-14-8-5-7-12(10-14)13(15)16-3/h11-12H,4-10H2,1-3H3. The maximum Gasteiger partial charge on any atom is 0.309 e. The number of carbonyl (C=O) groups excluding carboxylic acids is 1. The number of hydrogen-bond donors (Lipinski definition) is 0. The smallest absolute Gasteiger partial charge is 0.309 e. The van der Waals surface area contributed by atoms with Crippen LogP contribution in [0.4, 0.5) is 0 Å². The van der Waals surface area contributed by atoms with Crippen LogP contribution in [-0.4, -0.2) is 37.6 Å². The fourth-order valence-electron chi connectivity index (χ4n) is 2.61. The van der Waals surface area contributed by atoms with E-state index in [-0.39, 0.29) is 11.9 Å². The van der Waals surface area contributed by atoms with Crippen molar-refractivity contribution >= 4 is 5.97 Å². The minimum Gasteiger partial charge on any atom is -0.469 e. The van der Waals surface area contributed by atoms with Gasteiger partial charge in [-0.05, 0) is 31.7 Å². The highest BCUT2D eigenvalue weighted by Gasteiger charge is 2.26. The van der Waals surface area contributed by atoms with Gasteiger partial charge in [0.05, 0.1) is 13.0 Å². The van der Waals surface area contributed by atoms with Crippen molar-refractivity contribution in [3.63, 3.8) is 0 Å². The molecule has 0 radical (unpaired) electrons. The normalized spacial score (nSPS) is 24.1. The highest BCUT2D eigenvalue weighted by molar-refractivity contribution is 5.72. The Kier molecular flexibility index (Phi) is 5.81. The van der Waals surface area contributed by atoms with Crippen LogP contribution in [0.5, 0.6) is 0 Å². The third-order valence-electron chi connectivity index (χ3n) is 3.39. The van der Waals surface area contributed by atoms with Gasteiger partial charge in [-0.15, -0.1) is 0 Å². The summed E-state index contributed by atoms with van der Waals surface area (Å²) in [5.41, 5.74) is 0. The Bertz CT molecular complexity index is 218. The monoisotopic (exact) mass is 227 g/mol. The molecule has 0 spiro atoms. The molecule has 2 atom stereocenters. The number of rotatable bonds is 5. The maximum atomic E-state index is 11.5. The molecule has 1 aliphatic heterocycles. The molecular weight excluding hydrogens is 202 g/mol. The van der Waals surface area contributed by atoms with Crippen LogP contribution in [0.1, 0.15) is 39.5 Å².